The first-order valence-electron chi connectivity index (χ1n) is 7.37. The first kappa shape index (κ1) is 16.8. The number of carbonyl (C=O) groups excluding carboxylic acids is 2. The summed E-state index contributed by atoms with van der Waals surface area (Å²) in [6, 6.07) is 5.92. The van der Waals surface area contributed by atoms with Crippen molar-refractivity contribution in [2.75, 3.05) is 27.2 Å². The van der Waals surface area contributed by atoms with E-state index < -0.39 is 5.97 Å². The number of carboxylic acids is 1. The van der Waals surface area contributed by atoms with Gasteiger partial charge in [-0.15, -0.1) is 0 Å². The molecule has 1 aromatic carbocycles. The lowest BCUT2D eigenvalue weighted by Gasteiger charge is -2.36. The van der Waals surface area contributed by atoms with Gasteiger partial charge in [0.15, 0.2) is 0 Å². The molecule has 0 saturated carbocycles. The fourth-order valence-corrected chi connectivity index (χ4v) is 2.69. The van der Waals surface area contributed by atoms with Crippen molar-refractivity contribution in [2.24, 2.45) is 0 Å². The highest BCUT2D eigenvalue weighted by Crippen LogP contribution is 2.18. The molecule has 0 spiro atoms. The van der Waals surface area contributed by atoms with Crippen molar-refractivity contribution in [2.45, 2.75) is 18.9 Å². The highest BCUT2D eigenvalue weighted by molar-refractivity contribution is 5.96. The van der Waals surface area contributed by atoms with Gasteiger partial charge in [-0.2, -0.15) is 0 Å². The number of benzene rings is 1. The zero-order chi connectivity index (χ0) is 17.0. The van der Waals surface area contributed by atoms with Gasteiger partial charge in [0.05, 0.1) is 12.7 Å². The number of amides is 2. The molecule has 0 radical (unpaired) electrons. The van der Waals surface area contributed by atoms with Crippen LogP contribution in [0.3, 0.4) is 0 Å². The van der Waals surface area contributed by atoms with Gasteiger partial charge in [0.1, 0.15) is 0 Å². The largest absolute Gasteiger partial charge is 0.478 e. The summed E-state index contributed by atoms with van der Waals surface area (Å²) in [6.07, 6.45) is 1.02. The lowest BCUT2D eigenvalue weighted by Crippen LogP contribution is -2.47. The Kier molecular flexibility index (Phi) is 5.20. The molecule has 2 amide bonds. The number of likely N-dealkylation sites (tertiary alicyclic amines) is 1. The van der Waals surface area contributed by atoms with Crippen molar-refractivity contribution in [1.82, 2.24) is 9.80 Å². The van der Waals surface area contributed by atoms with Gasteiger partial charge < -0.3 is 19.6 Å². The summed E-state index contributed by atoms with van der Waals surface area (Å²) in [4.78, 5) is 38.0. The number of carbonyl (C=O) groups is 3. The second-order valence-corrected chi connectivity index (χ2v) is 5.49. The van der Waals surface area contributed by atoms with Gasteiger partial charge in [0.25, 0.3) is 5.91 Å². The molecule has 1 fully saturated rings. The third-order valence-corrected chi connectivity index (χ3v) is 4.14. The van der Waals surface area contributed by atoms with E-state index in [-0.39, 0.29) is 23.6 Å². The number of aromatic carboxylic acids is 1. The van der Waals surface area contributed by atoms with E-state index in [1.165, 1.54) is 31.4 Å². The predicted octanol–water partition coefficient (Wildman–Crippen LogP) is 1.69. The normalized spacial score (nSPS) is 15.1. The fourth-order valence-electron chi connectivity index (χ4n) is 2.69. The van der Waals surface area contributed by atoms with E-state index in [0.717, 1.165) is 0 Å². The number of rotatable bonds is 3. The number of nitrogens with zero attached hydrogens (tertiary/aromatic N) is 2. The molecule has 1 saturated heterocycles. The first-order chi connectivity index (χ1) is 10.9. The second-order valence-electron chi connectivity index (χ2n) is 5.49. The average Bonchev–Trinajstić information content (AvgIpc) is 2.60. The van der Waals surface area contributed by atoms with Gasteiger partial charge in [-0.1, -0.05) is 0 Å². The Hall–Kier alpha value is -2.57. The lowest BCUT2D eigenvalue weighted by atomic mass is 10.0. The van der Waals surface area contributed by atoms with Crippen LogP contribution in [0.4, 0.5) is 4.79 Å². The van der Waals surface area contributed by atoms with Crippen LogP contribution in [0.2, 0.25) is 0 Å². The van der Waals surface area contributed by atoms with Gasteiger partial charge in [-0.25, -0.2) is 9.59 Å². The van der Waals surface area contributed by atoms with Crippen molar-refractivity contribution >= 4 is 18.0 Å². The molecule has 1 aliphatic rings. The minimum Gasteiger partial charge on any atom is -0.478 e. The Bertz CT molecular complexity index is 591. The maximum absolute atomic E-state index is 12.5. The van der Waals surface area contributed by atoms with E-state index in [0.29, 0.717) is 31.5 Å². The molecule has 0 aliphatic carbocycles. The summed E-state index contributed by atoms with van der Waals surface area (Å²) >= 11 is 0. The molecule has 7 nitrogen and oxygen atoms in total. The molecule has 0 aromatic heterocycles. The van der Waals surface area contributed by atoms with Crippen LogP contribution >= 0.6 is 0 Å². The van der Waals surface area contributed by atoms with E-state index in [1.54, 1.807) is 16.8 Å². The highest BCUT2D eigenvalue weighted by atomic mass is 16.5. The van der Waals surface area contributed by atoms with Gasteiger partial charge in [0, 0.05) is 31.7 Å². The molecule has 0 atom stereocenters. The summed E-state index contributed by atoms with van der Waals surface area (Å²) in [6.45, 7) is 1.10. The zero-order valence-corrected chi connectivity index (χ0v) is 13.2. The van der Waals surface area contributed by atoms with Crippen LogP contribution in [0, 0.1) is 0 Å². The maximum atomic E-state index is 12.5. The van der Waals surface area contributed by atoms with Crippen LogP contribution in [-0.2, 0) is 4.74 Å². The van der Waals surface area contributed by atoms with Crippen LogP contribution in [-0.4, -0.2) is 66.2 Å². The maximum Gasteiger partial charge on any atom is 0.409 e. The third kappa shape index (κ3) is 3.80. The van der Waals surface area contributed by atoms with Gasteiger partial charge in [0.2, 0.25) is 0 Å². The van der Waals surface area contributed by atoms with Gasteiger partial charge in [-0.3, -0.25) is 4.79 Å². The number of methoxy groups -OCH3 is 1. The second kappa shape index (κ2) is 7.13. The minimum atomic E-state index is -1.02. The molecular weight excluding hydrogens is 300 g/mol. The smallest absolute Gasteiger partial charge is 0.409 e. The molecule has 124 valence electrons. The number of ether oxygens (including phenoxy) is 1. The average molecular weight is 320 g/mol. The van der Waals surface area contributed by atoms with Gasteiger partial charge in [-0.05, 0) is 37.1 Å². The van der Waals surface area contributed by atoms with Gasteiger partial charge >= 0.3 is 12.1 Å². The summed E-state index contributed by atoms with van der Waals surface area (Å²) in [5.74, 6) is -1.18. The monoisotopic (exact) mass is 320 g/mol. The van der Waals surface area contributed by atoms with Crippen LogP contribution in [0.25, 0.3) is 0 Å². The Balaban J connectivity index is 1.97. The molecule has 2 rings (SSSR count). The van der Waals surface area contributed by atoms with Crippen molar-refractivity contribution in [3.63, 3.8) is 0 Å². The third-order valence-electron chi connectivity index (χ3n) is 4.14. The van der Waals surface area contributed by atoms with Crippen LogP contribution in [0.5, 0.6) is 0 Å². The summed E-state index contributed by atoms with van der Waals surface area (Å²) in [5.41, 5.74) is 0.600. The predicted molar refractivity (Wildman–Crippen MR) is 82.5 cm³/mol. The summed E-state index contributed by atoms with van der Waals surface area (Å²) in [5, 5.41) is 8.88. The van der Waals surface area contributed by atoms with Crippen molar-refractivity contribution < 1.29 is 24.2 Å². The van der Waals surface area contributed by atoms with E-state index in [4.69, 9.17) is 9.84 Å². The molecule has 1 N–H and O–H groups in total. The van der Waals surface area contributed by atoms with Crippen molar-refractivity contribution in [1.29, 1.82) is 0 Å². The molecule has 0 bridgehead atoms. The number of hydrogen-bond donors (Lipinski definition) is 1. The summed E-state index contributed by atoms with van der Waals surface area (Å²) < 4.78 is 4.69. The topological polar surface area (TPSA) is 87.2 Å². The SMILES string of the molecule is COC(=O)N1CCC(N(C)C(=O)c2ccc(C(=O)O)cc2)CC1. The molecule has 23 heavy (non-hydrogen) atoms. The Morgan fingerprint density at radius 3 is 2.13 bits per heavy atom. The minimum absolute atomic E-state index is 0.0440. The van der Waals surface area contributed by atoms with Crippen molar-refractivity contribution in [3.05, 3.63) is 35.4 Å². The first-order valence-corrected chi connectivity index (χ1v) is 7.37. The van der Waals surface area contributed by atoms with Crippen molar-refractivity contribution in [3.8, 4) is 0 Å². The number of piperidine rings is 1. The molecule has 7 heteroatoms. The van der Waals surface area contributed by atoms with Crippen LogP contribution in [0.1, 0.15) is 33.6 Å². The quantitative estimate of drug-likeness (QED) is 0.915. The Labute approximate surface area is 134 Å². The molecule has 1 heterocycles. The van der Waals surface area contributed by atoms with E-state index >= 15 is 0 Å². The van der Waals surface area contributed by atoms with E-state index in [2.05, 4.69) is 0 Å². The molecule has 0 unspecified atom stereocenters. The zero-order valence-electron chi connectivity index (χ0n) is 13.2. The molecule has 1 aliphatic heterocycles. The highest BCUT2D eigenvalue weighted by Gasteiger charge is 2.28. The van der Waals surface area contributed by atoms with E-state index in [1.807, 2.05) is 0 Å². The summed E-state index contributed by atoms with van der Waals surface area (Å²) in [7, 11) is 3.08. The molecule has 1 aromatic rings. The lowest BCUT2D eigenvalue weighted by molar-refractivity contribution is 0.0620. The number of carboxylic acid groups (broad SMARTS) is 1. The number of hydrogen-bond acceptors (Lipinski definition) is 4. The Morgan fingerprint density at radius 1 is 1.13 bits per heavy atom. The Morgan fingerprint density at radius 2 is 1.65 bits per heavy atom. The fraction of sp³-hybridized carbons (Fsp3) is 0.438. The van der Waals surface area contributed by atoms with Crippen LogP contribution < -0.4 is 0 Å². The van der Waals surface area contributed by atoms with E-state index in [9.17, 15) is 14.4 Å². The van der Waals surface area contributed by atoms with Crippen LogP contribution in [0.15, 0.2) is 24.3 Å². The molecular formula is C16H20N2O5. The standard InChI is InChI=1S/C16H20N2O5/c1-17(13-7-9-18(10-8-13)16(22)23-2)14(19)11-3-5-12(6-4-11)15(20)21/h3-6,13H,7-10H2,1-2H3,(H,20,21).